The molecule has 0 fully saturated rings. The van der Waals surface area contributed by atoms with E-state index < -0.39 is 0 Å². The predicted molar refractivity (Wildman–Crippen MR) is 80.4 cm³/mol. The van der Waals surface area contributed by atoms with E-state index in [-0.39, 0.29) is 6.04 Å². The molecule has 1 N–H and O–H groups in total. The second-order valence-corrected chi connectivity index (χ2v) is 5.04. The first kappa shape index (κ1) is 14.2. The summed E-state index contributed by atoms with van der Waals surface area (Å²) in [7, 11) is 3.54. The van der Waals surface area contributed by atoms with Gasteiger partial charge in [-0.2, -0.15) is 0 Å². The number of methoxy groups -OCH3 is 1. The van der Waals surface area contributed by atoms with Crippen LogP contribution in [0, 0.1) is 0 Å². The molecular formula is C15H15Cl2NO. The molecule has 0 radical (unpaired) electrons. The summed E-state index contributed by atoms with van der Waals surface area (Å²) in [4.78, 5) is 0. The minimum atomic E-state index is -0.0210. The Morgan fingerprint density at radius 1 is 1.05 bits per heavy atom. The van der Waals surface area contributed by atoms with Crippen LogP contribution in [-0.2, 0) is 0 Å². The third kappa shape index (κ3) is 3.21. The fourth-order valence-electron chi connectivity index (χ4n) is 2.12. The Hall–Kier alpha value is -1.22. The molecule has 0 aromatic heterocycles. The standard InChI is InChI=1S/C15H15Cl2NO/c1-18-15(10-4-3-5-11(16)8-10)13-9-12(17)6-7-14(13)19-2/h3-9,15,18H,1-2H3. The van der Waals surface area contributed by atoms with Gasteiger partial charge in [-0.1, -0.05) is 35.3 Å². The average Bonchev–Trinajstić information content (AvgIpc) is 2.40. The van der Waals surface area contributed by atoms with Crippen LogP contribution in [0.2, 0.25) is 10.0 Å². The molecule has 0 saturated heterocycles. The molecule has 0 aliphatic heterocycles. The Morgan fingerprint density at radius 2 is 1.79 bits per heavy atom. The highest BCUT2D eigenvalue weighted by Gasteiger charge is 2.17. The van der Waals surface area contributed by atoms with Gasteiger partial charge in [0.15, 0.2) is 0 Å². The minimum Gasteiger partial charge on any atom is -0.496 e. The first-order valence-electron chi connectivity index (χ1n) is 5.92. The second-order valence-electron chi connectivity index (χ2n) is 4.16. The molecule has 4 heteroatoms. The molecule has 0 aliphatic carbocycles. The minimum absolute atomic E-state index is 0.0210. The van der Waals surface area contributed by atoms with Crippen molar-refractivity contribution < 1.29 is 4.74 Å². The largest absolute Gasteiger partial charge is 0.496 e. The third-order valence-corrected chi connectivity index (χ3v) is 3.44. The first-order chi connectivity index (χ1) is 9.15. The smallest absolute Gasteiger partial charge is 0.124 e. The predicted octanol–water partition coefficient (Wildman–Crippen LogP) is 4.31. The van der Waals surface area contributed by atoms with Crippen molar-refractivity contribution in [1.82, 2.24) is 5.32 Å². The van der Waals surface area contributed by atoms with E-state index in [2.05, 4.69) is 5.32 Å². The number of halogens is 2. The molecule has 0 aliphatic rings. The van der Waals surface area contributed by atoms with Crippen LogP contribution in [-0.4, -0.2) is 14.2 Å². The highest BCUT2D eigenvalue weighted by Crippen LogP contribution is 2.32. The number of hydrogen-bond acceptors (Lipinski definition) is 2. The molecule has 0 amide bonds. The van der Waals surface area contributed by atoms with Gasteiger partial charge in [0.05, 0.1) is 13.2 Å². The highest BCUT2D eigenvalue weighted by molar-refractivity contribution is 6.31. The Morgan fingerprint density at radius 3 is 2.42 bits per heavy atom. The van der Waals surface area contributed by atoms with Crippen molar-refractivity contribution in [2.75, 3.05) is 14.2 Å². The monoisotopic (exact) mass is 295 g/mol. The van der Waals surface area contributed by atoms with Gasteiger partial charge < -0.3 is 10.1 Å². The third-order valence-electron chi connectivity index (χ3n) is 2.97. The number of nitrogens with one attached hydrogen (secondary N) is 1. The quantitative estimate of drug-likeness (QED) is 0.907. The molecule has 2 aromatic rings. The summed E-state index contributed by atoms with van der Waals surface area (Å²) < 4.78 is 5.40. The maximum absolute atomic E-state index is 6.08. The van der Waals surface area contributed by atoms with E-state index in [9.17, 15) is 0 Å². The summed E-state index contributed by atoms with van der Waals surface area (Å²) in [6, 6.07) is 13.3. The lowest BCUT2D eigenvalue weighted by Crippen LogP contribution is -2.18. The van der Waals surface area contributed by atoms with E-state index in [4.69, 9.17) is 27.9 Å². The van der Waals surface area contributed by atoms with Gasteiger partial charge in [-0.05, 0) is 42.9 Å². The van der Waals surface area contributed by atoms with Crippen LogP contribution in [0.25, 0.3) is 0 Å². The van der Waals surface area contributed by atoms with Crippen molar-refractivity contribution in [3.63, 3.8) is 0 Å². The highest BCUT2D eigenvalue weighted by atomic mass is 35.5. The molecule has 19 heavy (non-hydrogen) atoms. The van der Waals surface area contributed by atoms with E-state index in [1.165, 1.54) is 0 Å². The van der Waals surface area contributed by atoms with Gasteiger partial charge in [0, 0.05) is 15.6 Å². The van der Waals surface area contributed by atoms with Crippen LogP contribution < -0.4 is 10.1 Å². The van der Waals surface area contributed by atoms with E-state index in [0.717, 1.165) is 16.9 Å². The zero-order chi connectivity index (χ0) is 13.8. The normalized spacial score (nSPS) is 12.2. The number of rotatable bonds is 4. The van der Waals surface area contributed by atoms with Gasteiger partial charge in [0.2, 0.25) is 0 Å². The van der Waals surface area contributed by atoms with Crippen molar-refractivity contribution in [2.24, 2.45) is 0 Å². The van der Waals surface area contributed by atoms with Gasteiger partial charge in [-0.25, -0.2) is 0 Å². The van der Waals surface area contributed by atoms with E-state index in [1.54, 1.807) is 7.11 Å². The van der Waals surface area contributed by atoms with Crippen LogP contribution in [0.4, 0.5) is 0 Å². The summed E-state index contributed by atoms with van der Waals surface area (Å²) in [5, 5.41) is 4.65. The molecule has 0 bridgehead atoms. The van der Waals surface area contributed by atoms with Gasteiger partial charge in [0.25, 0.3) is 0 Å². The Kier molecular flexibility index (Phi) is 4.70. The zero-order valence-electron chi connectivity index (χ0n) is 10.8. The van der Waals surface area contributed by atoms with E-state index in [1.807, 2.05) is 49.5 Å². The van der Waals surface area contributed by atoms with Gasteiger partial charge in [0.1, 0.15) is 5.75 Å². The van der Waals surface area contributed by atoms with E-state index >= 15 is 0 Å². The van der Waals surface area contributed by atoms with Crippen LogP contribution >= 0.6 is 23.2 Å². The van der Waals surface area contributed by atoms with Crippen molar-refractivity contribution in [3.8, 4) is 5.75 Å². The van der Waals surface area contributed by atoms with Crippen LogP contribution in [0.5, 0.6) is 5.75 Å². The number of hydrogen-bond donors (Lipinski definition) is 1. The molecule has 1 unspecified atom stereocenters. The molecule has 2 aromatic carbocycles. The average molecular weight is 296 g/mol. The van der Waals surface area contributed by atoms with Crippen molar-refractivity contribution in [3.05, 3.63) is 63.6 Å². The molecule has 0 saturated carbocycles. The summed E-state index contributed by atoms with van der Waals surface area (Å²) in [5.74, 6) is 0.795. The second kappa shape index (κ2) is 6.29. The van der Waals surface area contributed by atoms with Crippen LogP contribution in [0.3, 0.4) is 0 Å². The lowest BCUT2D eigenvalue weighted by atomic mass is 9.98. The van der Waals surface area contributed by atoms with Crippen molar-refractivity contribution in [1.29, 1.82) is 0 Å². The lowest BCUT2D eigenvalue weighted by molar-refractivity contribution is 0.405. The molecule has 0 spiro atoms. The SMILES string of the molecule is CNC(c1cccc(Cl)c1)c1cc(Cl)ccc1OC. The lowest BCUT2D eigenvalue weighted by Gasteiger charge is -2.20. The Bertz CT molecular complexity index is 572. The first-order valence-corrected chi connectivity index (χ1v) is 6.67. The van der Waals surface area contributed by atoms with Crippen molar-refractivity contribution >= 4 is 23.2 Å². The number of ether oxygens (including phenoxy) is 1. The molecule has 1 atom stereocenters. The maximum atomic E-state index is 6.08. The maximum Gasteiger partial charge on any atom is 0.124 e. The fraction of sp³-hybridized carbons (Fsp3) is 0.200. The van der Waals surface area contributed by atoms with Crippen LogP contribution in [0.1, 0.15) is 17.2 Å². The van der Waals surface area contributed by atoms with Gasteiger partial charge in [-0.15, -0.1) is 0 Å². The Balaban J connectivity index is 2.50. The molecular weight excluding hydrogens is 281 g/mol. The van der Waals surface area contributed by atoms with Crippen molar-refractivity contribution in [2.45, 2.75) is 6.04 Å². The molecule has 2 nitrogen and oxygen atoms in total. The summed E-state index contributed by atoms with van der Waals surface area (Å²) >= 11 is 12.1. The van der Waals surface area contributed by atoms with Crippen LogP contribution in [0.15, 0.2) is 42.5 Å². The number of benzene rings is 2. The summed E-state index contributed by atoms with van der Waals surface area (Å²) in [6.45, 7) is 0. The molecule has 100 valence electrons. The summed E-state index contributed by atoms with van der Waals surface area (Å²) in [5.41, 5.74) is 2.05. The molecule has 0 heterocycles. The molecule has 2 rings (SSSR count). The van der Waals surface area contributed by atoms with Gasteiger partial charge >= 0.3 is 0 Å². The van der Waals surface area contributed by atoms with E-state index in [0.29, 0.717) is 10.0 Å². The zero-order valence-corrected chi connectivity index (χ0v) is 12.3. The van der Waals surface area contributed by atoms with Gasteiger partial charge in [-0.3, -0.25) is 0 Å². The fourth-order valence-corrected chi connectivity index (χ4v) is 2.50. The Labute approximate surface area is 123 Å². The topological polar surface area (TPSA) is 21.3 Å². The summed E-state index contributed by atoms with van der Waals surface area (Å²) in [6.07, 6.45) is 0.